The van der Waals surface area contributed by atoms with Crippen LogP contribution in [0, 0.1) is 0 Å². The monoisotopic (exact) mass is 403 g/mol. The van der Waals surface area contributed by atoms with Crippen molar-refractivity contribution in [1.29, 1.82) is 0 Å². The van der Waals surface area contributed by atoms with Gasteiger partial charge in [0.1, 0.15) is 18.5 Å². The van der Waals surface area contributed by atoms with E-state index in [0.29, 0.717) is 28.7 Å². The van der Waals surface area contributed by atoms with Crippen LogP contribution in [0.25, 0.3) is 0 Å². The van der Waals surface area contributed by atoms with Gasteiger partial charge < -0.3 is 25.4 Å². The molecule has 1 atom stereocenters. The molecule has 2 aromatic carbocycles. The molecule has 0 aliphatic carbocycles. The normalized spacial score (nSPS) is 15.6. The second kappa shape index (κ2) is 10.3. The van der Waals surface area contributed by atoms with Crippen LogP contribution < -0.4 is 15.4 Å². The molecule has 0 aromatic heterocycles. The topological polar surface area (TPSA) is 73.8 Å². The van der Waals surface area contributed by atoms with E-state index in [2.05, 4.69) is 15.5 Å². The Hall–Kier alpha value is -2.28. The standard InChI is InChI=1S/C21H26ClN3O3/c22-16-4-6-17(7-5-16)23-21(27)24-18-8-10-20(11-9-18)28-15-19(26)14-25-12-2-1-3-13-25/h4-11,19,26H,1-3,12-15H2,(H2,23,24,27)/t19-/m0/s1. The summed E-state index contributed by atoms with van der Waals surface area (Å²) in [5, 5.41) is 16.3. The molecule has 6 nitrogen and oxygen atoms in total. The summed E-state index contributed by atoms with van der Waals surface area (Å²) >= 11 is 5.83. The van der Waals surface area contributed by atoms with Crippen molar-refractivity contribution < 1.29 is 14.6 Å². The molecule has 1 saturated heterocycles. The zero-order chi connectivity index (χ0) is 19.8. The van der Waals surface area contributed by atoms with E-state index in [1.807, 2.05) is 0 Å². The third-order valence-corrected chi connectivity index (χ3v) is 4.83. The highest BCUT2D eigenvalue weighted by atomic mass is 35.5. The smallest absolute Gasteiger partial charge is 0.323 e. The van der Waals surface area contributed by atoms with Gasteiger partial charge in [-0.25, -0.2) is 4.79 Å². The van der Waals surface area contributed by atoms with E-state index in [4.69, 9.17) is 16.3 Å². The molecule has 2 amide bonds. The van der Waals surface area contributed by atoms with Gasteiger partial charge in [-0.2, -0.15) is 0 Å². The Balaban J connectivity index is 1.41. The van der Waals surface area contributed by atoms with Crippen molar-refractivity contribution in [2.45, 2.75) is 25.4 Å². The molecule has 2 aromatic rings. The van der Waals surface area contributed by atoms with Crippen LogP contribution in [0.4, 0.5) is 16.2 Å². The molecule has 7 heteroatoms. The number of likely N-dealkylation sites (tertiary alicyclic amines) is 1. The number of benzene rings is 2. The van der Waals surface area contributed by atoms with Gasteiger partial charge >= 0.3 is 6.03 Å². The van der Waals surface area contributed by atoms with Crippen LogP contribution in [0.1, 0.15) is 19.3 Å². The number of urea groups is 1. The number of carbonyl (C=O) groups is 1. The average Bonchev–Trinajstić information content (AvgIpc) is 2.70. The Morgan fingerprint density at radius 1 is 1.00 bits per heavy atom. The van der Waals surface area contributed by atoms with Crippen molar-refractivity contribution in [2.24, 2.45) is 0 Å². The predicted octanol–water partition coefficient (Wildman–Crippen LogP) is 4.21. The highest BCUT2D eigenvalue weighted by molar-refractivity contribution is 6.30. The van der Waals surface area contributed by atoms with Crippen molar-refractivity contribution in [3.8, 4) is 5.75 Å². The molecule has 150 valence electrons. The van der Waals surface area contributed by atoms with Crippen LogP contribution in [0.2, 0.25) is 5.02 Å². The van der Waals surface area contributed by atoms with E-state index in [9.17, 15) is 9.90 Å². The number of nitrogens with zero attached hydrogens (tertiary/aromatic N) is 1. The van der Waals surface area contributed by atoms with E-state index in [1.54, 1.807) is 48.5 Å². The number of piperidine rings is 1. The Bertz CT molecular complexity index is 746. The molecule has 1 aliphatic heterocycles. The fourth-order valence-corrected chi connectivity index (χ4v) is 3.27. The molecule has 0 saturated carbocycles. The first-order chi connectivity index (χ1) is 13.6. The summed E-state index contributed by atoms with van der Waals surface area (Å²) < 4.78 is 5.66. The molecule has 0 spiro atoms. The van der Waals surface area contributed by atoms with Gasteiger partial charge in [-0.05, 0) is 74.5 Å². The number of halogens is 1. The number of aliphatic hydroxyl groups excluding tert-OH is 1. The number of ether oxygens (including phenoxy) is 1. The highest BCUT2D eigenvalue weighted by Gasteiger charge is 2.15. The Morgan fingerprint density at radius 2 is 1.57 bits per heavy atom. The first-order valence-electron chi connectivity index (χ1n) is 9.55. The maximum atomic E-state index is 12.0. The van der Waals surface area contributed by atoms with Crippen LogP contribution in [-0.2, 0) is 0 Å². The molecular weight excluding hydrogens is 378 g/mol. The summed E-state index contributed by atoms with van der Waals surface area (Å²) in [4.78, 5) is 14.3. The van der Waals surface area contributed by atoms with Crippen LogP contribution in [0.15, 0.2) is 48.5 Å². The number of rotatable bonds is 7. The predicted molar refractivity (Wildman–Crippen MR) is 112 cm³/mol. The van der Waals surface area contributed by atoms with Gasteiger partial charge in [0.25, 0.3) is 0 Å². The summed E-state index contributed by atoms with van der Waals surface area (Å²) in [6.07, 6.45) is 3.17. The molecular formula is C21H26ClN3O3. The number of β-amino-alcohol motifs (C(OH)–C–C–N with tert-alkyl or cyclic N) is 1. The van der Waals surface area contributed by atoms with Gasteiger partial charge in [0.05, 0.1) is 0 Å². The second-order valence-corrected chi connectivity index (χ2v) is 7.37. The maximum Gasteiger partial charge on any atom is 0.323 e. The zero-order valence-electron chi connectivity index (χ0n) is 15.7. The molecule has 1 fully saturated rings. The quantitative estimate of drug-likeness (QED) is 0.647. The highest BCUT2D eigenvalue weighted by Crippen LogP contribution is 2.18. The van der Waals surface area contributed by atoms with Gasteiger partial charge in [0.15, 0.2) is 0 Å². The van der Waals surface area contributed by atoms with Crippen LogP contribution in [-0.4, -0.2) is 48.4 Å². The summed E-state index contributed by atoms with van der Waals surface area (Å²) in [6.45, 7) is 3.00. The lowest BCUT2D eigenvalue weighted by Gasteiger charge is -2.28. The fraction of sp³-hybridized carbons (Fsp3) is 0.381. The van der Waals surface area contributed by atoms with Crippen LogP contribution in [0.5, 0.6) is 5.75 Å². The summed E-state index contributed by atoms with van der Waals surface area (Å²) in [5.74, 6) is 0.654. The summed E-state index contributed by atoms with van der Waals surface area (Å²) in [6, 6.07) is 13.6. The van der Waals surface area contributed by atoms with Crippen LogP contribution >= 0.6 is 11.6 Å². The molecule has 1 heterocycles. The van der Waals surface area contributed by atoms with Gasteiger partial charge in [-0.15, -0.1) is 0 Å². The third kappa shape index (κ3) is 6.71. The largest absolute Gasteiger partial charge is 0.491 e. The Labute approximate surface area is 170 Å². The molecule has 3 rings (SSSR count). The molecule has 0 unspecified atom stereocenters. The molecule has 28 heavy (non-hydrogen) atoms. The lowest BCUT2D eigenvalue weighted by molar-refractivity contribution is 0.0617. The summed E-state index contributed by atoms with van der Waals surface area (Å²) in [5.41, 5.74) is 1.30. The zero-order valence-corrected chi connectivity index (χ0v) is 16.5. The minimum Gasteiger partial charge on any atom is -0.491 e. The Kier molecular flexibility index (Phi) is 7.54. The number of hydrogen-bond acceptors (Lipinski definition) is 4. The van der Waals surface area contributed by atoms with Crippen molar-refractivity contribution in [1.82, 2.24) is 4.90 Å². The number of aliphatic hydroxyl groups is 1. The van der Waals surface area contributed by atoms with Gasteiger partial charge in [-0.1, -0.05) is 18.0 Å². The van der Waals surface area contributed by atoms with E-state index in [0.717, 1.165) is 13.1 Å². The lowest BCUT2D eigenvalue weighted by atomic mass is 10.1. The van der Waals surface area contributed by atoms with Crippen molar-refractivity contribution in [3.63, 3.8) is 0 Å². The number of carbonyl (C=O) groups excluding carboxylic acids is 1. The molecule has 1 aliphatic rings. The van der Waals surface area contributed by atoms with Gasteiger partial charge in [-0.3, -0.25) is 0 Å². The first kappa shape index (κ1) is 20.5. The van der Waals surface area contributed by atoms with Gasteiger partial charge in [0, 0.05) is 22.9 Å². The van der Waals surface area contributed by atoms with E-state index < -0.39 is 6.10 Å². The number of amides is 2. The molecule has 3 N–H and O–H groups in total. The van der Waals surface area contributed by atoms with E-state index in [1.165, 1.54) is 19.3 Å². The third-order valence-electron chi connectivity index (χ3n) is 4.57. The minimum absolute atomic E-state index is 0.250. The van der Waals surface area contributed by atoms with Crippen molar-refractivity contribution >= 4 is 29.0 Å². The van der Waals surface area contributed by atoms with E-state index >= 15 is 0 Å². The lowest BCUT2D eigenvalue weighted by Crippen LogP contribution is -2.38. The SMILES string of the molecule is O=C(Nc1ccc(Cl)cc1)Nc1ccc(OC[C@@H](O)CN2CCCCC2)cc1. The van der Waals surface area contributed by atoms with Gasteiger partial charge in [0.2, 0.25) is 0 Å². The fourth-order valence-electron chi connectivity index (χ4n) is 3.15. The number of hydrogen-bond donors (Lipinski definition) is 3. The van der Waals surface area contributed by atoms with E-state index in [-0.39, 0.29) is 12.6 Å². The maximum absolute atomic E-state index is 12.0. The molecule has 0 radical (unpaired) electrons. The first-order valence-corrected chi connectivity index (χ1v) is 9.93. The van der Waals surface area contributed by atoms with Crippen molar-refractivity contribution in [3.05, 3.63) is 53.6 Å². The summed E-state index contributed by atoms with van der Waals surface area (Å²) in [7, 11) is 0. The Morgan fingerprint density at radius 3 is 2.18 bits per heavy atom. The minimum atomic E-state index is -0.513. The molecule has 0 bridgehead atoms. The second-order valence-electron chi connectivity index (χ2n) is 6.94. The average molecular weight is 404 g/mol. The number of anilines is 2. The van der Waals surface area contributed by atoms with Crippen molar-refractivity contribution in [2.75, 3.05) is 36.9 Å². The number of nitrogens with one attached hydrogen (secondary N) is 2. The van der Waals surface area contributed by atoms with Crippen LogP contribution in [0.3, 0.4) is 0 Å².